The lowest BCUT2D eigenvalue weighted by molar-refractivity contribution is -0.115. The Bertz CT molecular complexity index is 1720. The number of carbonyl (C=O) groups is 3. The highest BCUT2D eigenvalue weighted by atomic mass is 32.1. The average Bonchev–Trinajstić information content (AvgIpc) is 3.64. The van der Waals surface area contributed by atoms with Gasteiger partial charge in [0.25, 0.3) is 5.91 Å². The Morgan fingerprint density at radius 1 is 0.936 bits per heavy atom. The molecule has 1 aromatic heterocycles. The molecule has 4 aromatic rings. The number of rotatable bonds is 15. The lowest BCUT2D eigenvalue weighted by Gasteiger charge is -2.18. The maximum atomic E-state index is 13.3. The first-order valence-corrected chi connectivity index (χ1v) is 16.2. The van der Waals surface area contributed by atoms with Crippen LogP contribution < -0.4 is 20.3 Å². The normalized spacial score (nSPS) is 12.1. The summed E-state index contributed by atoms with van der Waals surface area (Å²) in [6.45, 7) is 6.51. The molecule has 0 spiro atoms. The van der Waals surface area contributed by atoms with Crippen LogP contribution in [0, 0.1) is 13.8 Å². The summed E-state index contributed by atoms with van der Waals surface area (Å²) in [6.07, 6.45) is -0.141. The molecular weight excluding hydrogens is 620 g/mol. The maximum Gasteiger partial charge on any atom is 0.404 e. The Morgan fingerprint density at radius 3 is 2.53 bits per heavy atom. The van der Waals surface area contributed by atoms with Gasteiger partial charge in [-0.15, -0.1) is 11.3 Å². The number of anilines is 2. The van der Waals surface area contributed by atoms with Crippen LogP contribution >= 0.6 is 11.3 Å². The summed E-state index contributed by atoms with van der Waals surface area (Å²) in [6, 6.07) is 21.1. The third-order valence-electron chi connectivity index (χ3n) is 7.57. The number of nitrogens with zero attached hydrogens (tertiary/aromatic N) is 2. The quantitative estimate of drug-likeness (QED) is 0.143. The number of aryl methyl sites for hydroxylation is 2. The molecule has 47 heavy (non-hydrogen) atoms. The zero-order chi connectivity index (χ0) is 33.2. The van der Waals surface area contributed by atoms with E-state index in [9.17, 15) is 14.4 Å². The van der Waals surface area contributed by atoms with E-state index in [4.69, 9.17) is 24.3 Å². The molecule has 11 nitrogen and oxygen atoms in total. The summed E-state index contributed by atoms with van der Waals surface area (Å²) in [4.78, 5) is 44.1. The van der Waals surface area contributed by atoms with Gasteiger partial charge in [-0.3, -0.25) is 9.59 Å². The van der Waals surface area contributed by atoms with Crippen LogP contribution in [-0.4, -0.2) is 74.1 Å². The minimum atomic E-state index is -1.08. The van der Waals surface area contributed by atoms with Crippen LogP contribution in [0.1, 0.15) is 31.9 Å². The number of carboxylic acid groups (broad SMARTS) is 1. The number of benzene rings is 3. The van der Waals surface area contributed by atoms with Crippen molar-refractivity contribution < 1.29 is 33.7 Å². The van der Waals surface area contributed by atoms with Gasteiger partial charge in [0.15, 0.2) is 5.13 Å². The second-order valence-electron chi connectivity index (χ2n) is 11.0. The van der Waals surface area contributed by atoms with Crippen LogP contribution in [0.25, 0.3) is 11.3 Å². The van der Waals surface area contributed by atoms with Crippen molar-refractivity contribution in [2.24, 2.45) is 0 Å². The van der Waals surface area contributed by atoms with Gasteiger partial charge in [0.05, 0.1) is 38.5 Å². The average molecular weight is 659 g/mol. The van der Waals surface area contributed by atoms with Crippen LogP contribution in [0.5, 0.6) is 5.75 Å². The molecule has 2 heterocycles. The van der Waals surface area contributed by atoms with Gasteiger partial charge in [0.1, 0.15) is 12.4 Å². The molecule has 0 unspecified atom stereocenters. The number of amides is 3. The fourth-order valence-corrected chi connectivity index (χ4v) is 6.15. The molecule has 0 fully saturated rings. The first-order valence-electron chi connectivity index (χ1n) is 15.4. The Kier molecular flexibility index (Phi) is 11.6. The van der Waals surface area contributed by atoms with E-state index in [1.807, 2.05) is 79.4 Å². The Hall–Kier alpha value is -4.78. The van der Waals surface area contributed by atoms with Crippen LogP contribution in [0.15, 0.2) is 66.7 Å². The fourth-order valence-electron chi connectivity index (χ4n) is 5.30. The van der Waals surface area contributed by atoms with E-state index in [1.165, 1.54) is 11.3 Å². The highest BCUT2D eigenvalue weighted by Gasteiger charge is 2.27. The molecule has 12 heteroatoms. The standard InChI is InChI=1S/C35H38N4O7S/c1-23-6-3-4-9-29(23)33(41)39-14-12-26-22-27(10-11-30(26)39)32-24(2)47-34(38-32)37-31(40)21-25-7-5-8-28(20-25)46-19-18-45-17-16-44-15-13-36-35(42)43/h3-11,20,22,36H,12-19,21H2,1-2H3,(H,42,43)(H,37,38,40). The summed E-state index contributed by atoms with van der Waals surface area (Å²) < 4.78 is 16.5. The van der Waals surface area contributed by atoms with Gasteiger partial charge < -0.3 is 34.9 Å². The predicted octanol–water partition coefficient (Wildman–Crippen LogP) is 5.49. The summed E-state index contributed by atoms with van der Waals surface area (Å²) in [7, 11) is 0. The van der Waals surface area contributed by atoms with Gasteiger partial charge in [-0.25, -0.2) is 9.78 Å². The molecular formula is C35H38N4O7S. The van der Waals surface area contributed by atoms with Gasteiger partial charge in [0.2, 0.25) is 5.91 Å². The minimum Gasteiger partial charge on any atom is -0.491 e. The monoisotopic (exact) mass is 658 g/mol. The predicted molar refractivity (Wildman–Crippen MR) is 181 cm³/mol. The molecule has 0 radical (unpaired) electrons. The lowest BCUT2D eigenvalue weighted by atomic mass is 10.0. The number of fused-ring (bicyclic) bond motifs is 1. The van der Waals surface area contributed by atoms with E-state index in [0.717, 1.165) is 44.9 Å². The SMILES string of the molecule is Cc1ccccc1C(=O)N1CCc2cc(-c3nc(NC(=O)Cc4cccc(OCCOCCOCCNC(=O)O)c4)sc3C)ccc21. The first kappa shape index (κ1) is 33.6. The molecule has 3 aromatic carbocycles. The zero-order valence-electron chi connectivity index (χ0n) is 26.4. The van der Waals surface area contributed by atoms with Crippen molar-refractivity contribution in [3.8, 4) is 17.0 Å². The van der Waals surface area contributed by atoms with Gasteiger partial charge in [-0.1, -0.05) is 36.4 Å². The Balaban J connectivity index is 1.10. The van der Waals surface area contributed by atoms with Gasteiger partial charge >= 0.3 is 6.09 Å². The second-order valence-corrected chi connectivity index (χ2v) is 12.2. The smallest absolute Gasteiger partial charge is 0.404 e. The molecule has 0 saturated carbocycles. The summed E-state index contributed by atoms with van der Waals surface area (Å²) >= 11 is 1.43. The fraction of sp³-hybridized carbons (Fsp3) is 0.314. The number of carbonyl (C=O) groups excluding carboxylic acids is 2. The topological polar surface area (TPSA) is 139 Å². The minimum absolute atomic E-state index is 0.0130. The highest BCUT2D eigenvalue weighted by Crippen LogP contribution is 2.36. The number of hydrogen-bond acceptors (Lipinski definition) is 8. The van der Waals surface area contributed by atoms with Gasteiger partial charge in [-0.2, -0.15) is 0 Å². The Labute approximate surface area is 277 Å². The van der Waals surface area contributed by atoms with Crippen LogP contribution in [0.2, 0.25) is 0 Å². The molecule has 0 saturated heterocycles. The van der Waals surface area contributed by atoms with Crippen LogP contribution in [-0.2, 0) is 27.1 Å². The van der Waals surface area contributed by atoms with Crippen molar-refractivity contribution in [2.75, 3.05) is 56.3 Å². The van der Waals surface area contributed by atoms with Gasteiger partial charge in [-0.05, 0) is 67.3 Å². The molecule has 1 aliphatic rings. The highest BCUT2D eigenvalue weighted by molar-refractivity contribution is 7.16. The molecule has 0 atom stereocenters. The molecule has 3 N–H and O–H groups in total. The number of nitrogens with one attached hydrogen (secondary N) is 2. The summed E-state index contributed by atoms with van der Waals surface area (Å²) in [5.74, 6) is 0.473. The van der Waals surface area contributed by atoms with Crippen molar-refractivity contribution >= 4 is 40.1 Å². The van der Waals surface area contributed by atoms with E-state index in [-0.39, 0.29) is 31.4 Å². The molecule has 0 aliphatic carbocycles. The van der Waals surface area contributed by atoms with Crippen LogP contribution in [0.4, 0.5) is 15.6 Å². The molecule has 5 rings (SSSR count). The lowest BCUT2D eigenvalue weighted by Crippen LogP contribution is -2.29. The number of thiazole rings is 1. The maximum absolute atomic E-state index is 13.3. The molecule has 246 valence electrons. The summed E-state index contributed by atoms with van der Waals surface area (Å²) in [5, 5.41) is 14.2. The second kappa shape index (κ2) is 16.2. The zero-order valence-corrected chi connectivity index (χ0v) is 27.2. The summed E-state index contributed by atoms with van der Waals surface area (Å²) in [5.41, 5.74) is 6.29. The van der Waals surface area contributed by atoms with Crippen molar-refractivity contribution in [3.63, 3.8) is 0 Å². The first-order chi connectivity index (χ1) is 22.8. The van der Waals surface area contributed by atoms with Crippen molar-refractivity contribution in [1.29, 1.82) is 0 Å². The third-order valence-corrected chi connectivity index (χ3v) is 8.45. The number of aromatic nitrogens is 1. The molecule has 3 amide bonds. The van der Waals surface area contributed by atoms with E-state index < -0.39 is 6.09 Å². The van der Waals surface area contributed by atoms with Crippen LogP contribution in [0.3, 0.4) is 0 Å². The van der Waals surface area contributed by atoms with E-state index >= 15 is 0 Å². The van der Waals surface area contributed by atoms with E-state index in [1.54, 1.807) is 0 Å². The third kappa shape index (κ3) is 9.16. The van der Waals surface area contributed by atoms with Crippen molar-refractivity contribution in [3.05, 3.63) is 93.9 Å². The van der Waals surface area contributed by atoms with Crippen molar-refractivity contribution in [2.45, 2.75) is 26.7 Å². The Morgan fingerprint density at radius 2 is 1.72 bits per heavy atom. The molecule has 0 bridgehead atoms. The van der Waals surface area contributed by atoms with E-state index in [0.29, 0.717) is 49.4 Å². The van der Waals surface area contributed by atoms with Crippen molar-refractivity contribution in [1.82, 2.24) is 10.3 Å². The van der Waals surface area contributed by atoms with E-state index in [2.05, 4.69) is 16.7 Å². The number of hydrogen-bond donors (Lipinski definition) is 3. The number of ether oxygens (including phenoxy) is 3. The molecule has 1 aliphatic heterocycles. The van der Waals surface area contributed by atoms with Gasteiger partial charge in [0, 0.05) is 34.8 Å². The largest absolute Gasteiger partial charge is 0.491 e.